The van der Waals surface area contributed by atoms with Gasteiger partial charge in [-0.1, -0.05) is 12.1 Å². The molecule has 1 aromatic carbocycles. The highest BCUT2D eigenvalue weighted by molar-refractivity contribution is 5.94. The number of carbonyl (C=O) groups is 1. The lowest BCUT2D eigenvalue weighted by Crippen LogP contribution is -2.50. The number of amides is 1. The third-order valence-electron chi connectivity index (χ3n) is 3.63. The summed E-state index contributed by atoms with van der Waals surface area (Å²) in [6, 6.07) is 6.19. The Kier molecular flexibility index (Phi) is 5.09. The third-order valence-corrected chi connectivity index (χ3v) is 3.63. The van der Waals surface area contributed by atoms with E-state index in [1.165, 1.54) is 6.07 Å². The fraction of sp³-hybridized carbons (Fsp3) is 0.533. The minimum atomic E-state index is -0.437. The van der Waals surface area contributed by atoms with E-state index >= 15 is 0 Å². The maximum absolute atomic E-state index is 13.6. The van der Waals surface area contributed by atoms with E-state index in [1.807, 2.05) is 0 Å². The molecule has 0 saturated carbocycles. The maximum atomic E-state index is 13.6. The van der Waals surface area contributed by atoms with E-state index in [1.54, 1.807) is 23.1 Å². The van der Waals surface area contributed by atoms with E-state index in [0.717, 1.165) is 26.2 Å². The van der Waals surface area contributed by atoms with Gasteiger partial charge in [0.1, 0.15) is 5.82 Å². The monoisotopic (exact) mass is 279 g/mol. The van der Waals surface area contributed by atoms with Crippen molar-refractivity contribution in [2.45, 2.75) is 0 Å². The summed E-state index contributed by atoms with van der Waals surface area (Å²) >= 11 is 0. The third kappa shape index (κ3) is 3.77. The quantitative estimate of drug-likeness (QED) is 0.827. The maximum Gasteiger partial charge on any atom is 0.256 e. The highest BCUT2D eigenvalue weighted by Gasteiger charge is 2.23. The summed E-state index contributed by atoms with van der Waals surface area (Å²) in [7, 11) is 4.11. The normalized spacial score (nSPS) is 16.7. The highest BCUT2D eigenvalue weighted by Crippen LogP contribution is 2.12. The highest BCUT2D eigenvalue weighted by atomic mass is 19.1. The van der Waals surface area contributed by atoms with Crippen molar-refractivity contribution in [2.24, 2.45) is 0 Å². The minimum Gasteiger partial charge on any atom is -0.336 e. The fourth-order valence-corrected chi connectivity index (χ4v) is 2.32. The molecule has 20 heavy (non-hydrogen) atoms. The Morgan fingerprint density at radius 2 is 1.85 bits per heavy atom. The Hall–Kier alpha value is -1.46. The molecule has 1 fully saturated rings. The average Bonchev–Trinajstić information content (AvgIpc) is 2.45. The first kappa shape index (κ1) is 14.9. The van der Waals surface area contributed by atoms with Crippen LogP contribution in [0.3, 0.4) is 0 Å². The molecule has 0 aromatic heterocycles. The van der Waals surface area contributed by atoms with E-state index in [-0.39, 0.29) is 11.5 Å². The van der Waals surface area contributed by atoms with E-state index in [2.05, 4.69) is 23.9 Å². The Bertz CT molecular complexity index is 456. The summed E-state index contributed by atoms with van der Waals surface area (Å²) in [5, 5.41) is 0. The number of carbonyl (C=O) groups excluding carboxylic acids is 1. The fourth-order valence-electron chi connectivity index (χ4n) is 2.32. The van der Waals surface area contributed by atoms with Crippen molar-refractivity contribution in [1.82, 2.24) is 14.7 Å². The molecule has 1 heterocycles. The SMILES string of the molecule is CN(C)CCN1CCN(C(=O)c2ccccc2F)CC1. The Labute approximate surface area is 119 Å². The lowest BCUT2D eigenvalue weighted by Gasteiger charge is -2.35. The number of piperazine rings is 1. The van der Waals surface area contributed by atoms with Gasteiger partial charge in [0.15, 0.2) is 0 Å². The van der Waals surface area contributed by atoms with Crippen molar-refractivity contribution in [3.8, 4) is 0 Å². The zero-order valence-electron chi connectivity index (χ0n) is 12.2. The van der Waals surface area contributed by atoms with Crippen LogP contribution in [0.15, 0.2) is 24.3 Å². The van der Waals surface area contributed by atoms with Gasteiger partial charge in [0.05, 0.1) is 5.56 Å². The first-order valence-electron chi connectivity index (χ1n) is 6.99. The molecule has 1 aliphatic heterocycles. The molecular weight excluding hydrogens is 257 g/mol. The smallest absolute Gasteiger partial charge is 0.256 e. The van der Waals surface area contributed by atoms with Crippen molar-refractivity contribution >= 4 is 5.91 Å². The molecule has 2 rings (SSSR count). The molecule has 0 atom stereocenters. The van der Waals surface area contributed by atoms with Crippen LogP contribution in [0, 0.1) is 5.82 Å². The Morgan fingerprint density at radius 3 is 2.45 bits per heavy atom. The van der Waals surface area contributed by atoms with Gasteiger partial charge in [0.25, 0.3) is 5.91 Å². The Balaban J connectivity index is 1.88. The average molecular weight is 279 g/mol. The predicted molar refractivity (Wildman–Crippen MR) is 77.3 cm³/mol. The molecule has 0 bridgehead atoms. The number of hydrogen-bond donors (Lipinski definition) is 0. The second-order valence-corrected chi connectivity index (χ2v) is 5.42. The van der Waals surface area contributed by atoms with Gasteiger partial charge in [-0.15, -0.1) is 0 Å². The van der Waals surface area contributed by atoms with E-state index in [0.29, 0.717) is 13.1 Å². The lowest BCUT2D eigenvalue weighted by atomic mass is 10.1. The molecule has 4 nitrogen and oxygen atoms in total. The van der Waals surface area contributed by atoms with Gasteiger partial charge in [-0.05, 0) is 26.2 Å². The topological polar surface area (TPSA) is 26.8 Å². The van der Waals surface area contributed by atoms with Crippen LogP contribution in [-0.2, 0) is 0 Å². The van der Waals surface area contributed by atoms with E-state index < -0.39 is 5.82 Å². The second-order valence-electron chi connectivity index (χ2n) is 5.42. The van der Waals surface area contributed by atoms with Gasteiger partial charge in [-0.2, -0.15) is 0 Å². The zero-order valence-corrected chi connectivity index (χ0v) is 12.2. The number of nitrogens with zero attached hydrogens (tertiary/aromatic N) is 3. The standard InChI is InChI=1S/C15H22FN3O/c1-17(2)7-8-18-9-11-19(12-10-18)15(20)13-5-3-4-6-14(13)16/h3-6H,7-12H2,1-2H3. The molecule has 0 unspecified atom stereocenters. The first-order chi connectivity index (χ1) is 9.58. The van der Waals surface area contributed by atoms with Crippen LogP contribution in [0.4, 0.5) is 4.39 Å². The van der Waals surface area contributed by atoms with Gasteiger partial charge >= 0.3 is 0 Å². The summed E-state index contributed by atoms with van der Waals surface area (Å²) in [6.45, 7) is 5.07. The van der Waals surface area contributed by atoms with Crippen LogP contribution in [0.2, 0.25) is 0 Å². The van der Waals surface area contributed by atoms with Gasteiger partial charge < -0.3 is 9.80 Å². The summed E-state index contributed by atoms with van der Waals surface area (Å²) in [5.74, 6) is -0.636. The van der Waals surface area contributed by atoms with Crippen molar-refractivity contribution < 1.29 is 9.18 Å². The van der Waals surface area contributed by atoms with Gasteiger partial charge in [-0.25, -0.2) is 4.39 Å². The summed E-state index contributed by atoms with van der Waals surface area (Å²) in [6.07, 6.45) is 0. The first-order valence-corrected chi connectivity index (χ1v) is 6.99. The van der Waals surface area contributed by atoms with Crippen LogP contribution in [0.1, 0.15) is 10.4 Å². The zero-order chi connectivity index (χ0) is 14.5. The molecule has 110 valence electrons. The van der Waals surface area contributed by atoms with Crippen LogP contribution in [0.25, 0.3) is 0 Å². The molecule has 1 amide bonds. The molecule has 1 saturated heterocycles. The molecular formula is C15H22FN3O. The van der Waals surface area contributed by atoms with E-state index in [4.69, 9.17) is 0 Å². The molecule has 1 aliphatic rings. The van der Waals surface area contributed by atoms with Crippen LogP contribution in [-0.4, -0.2) is 74.0 Å². The number of benzene rings is 1. The van der Waals surface area contributed by atoms with Crippen molar-refractivity contribution in [2.75, 3.05) is 53.4 Å². The van der Waals surface area contributed by atoms with Gasteiger partial charge in [-0.3, -0.25) is 9.69 Å². The summed E-state index contributed by atoms with van der Waals surface area (Å²) in [5.41, 5.74) is 0.175. The molecule has 0 spiro atoms. The number of rotatable bonds is 4. The molecule has 5 heteroatoms. The number of halogens is 1. The van der Waals surface area contributed by atoms with Crippen molar-refractivity contribution in [1.29, 1.82) is 0 Å². The van der Waals surface area contributed by atoms with Gasteiger partial charge in [0, 0.05) is 39.3 Å². The van der Waals surface area contributed by atoms with E-state index in [9.17, 15) is 9.18 Å². The molecule has 0 aliphatic carbocycles. The Morgan fingerprint density at radius 1 is 1.20 bits per heavy atom. The second kappa shape index (κ2) is 6.81. The number of hydrogen-bond acceptors (Lipinski definition) is 3. The van der Waals surface area contributed by atoms with Crippen molar-refractivity contribution in [3.63, 3.8) is 0 Å². The summed E-state index contributed by atoms with van der Waals surface area (Å²) < 4.78 is 13.6. The van der Waals surface area contributed by atoms with Crippen LogP contribution >= 0.6 is 0 Å². The lowest BCUT2D eigenvalue weighted by molar-refractivity contribution is 0.0625. The molecule has 0 radical (unpaired) electrons. The number of likely N-dealkylation sites (N-methyl/N-ethyl adjacent to an activating group) is 1. The largest absolute Gasteiger partial charge is 0.336 e. The predicted octanol–water partition coefficient (Wildman–Crippen LogP) is 1.15. The van der Waals surface area contributed by atoms with Gasteiger partial charge in [0.2, 0.25) is 0 Å². The van der Waals surface area contributed by atoms with Crippen LogP contribution in [0.5, 0.6) is 0 Å². The van der Waals surface area contributed by atoms with Crippen LogP contribution < -0.4 is 0 Å². The summed E-state index contributed by atoms with van der Waals surface area (Å²) in [4.78, 5) is 18.5. The minimum absolute atomic E-state index is 0.175. The van der Waals surface area contributed by atoms with Crippen molar-refractivity contribution in [3.05, 3.63) is 35.6 Å². The molecule has 0 N–H and O–H groups in total. The molecule has 1 aromatic rings.